The molecule has 0 saturated carbocycles. The van der Waals surface area contributed by atoms with Gasteiger partial charge in [0.05, 0.1) is 6.04 Å². The summed E-state index contributed by atoms with van der Waals surface area (Å²) in [7, 11) is 1.88. The number of aromatic nitrogens is 4. The van der Waals surface area contributed by atoms with E-state index in [-0.39, 0.29) is 6.04 Å². The summed E-state index contributed by atoms with van der Waals surface area (Å²) in [6, 6.07) is 2.02. The molecule has 6 heteroatoms. The molecule has 2 aromatic heterocycles. The fourth-order valence-corrected chi connectivity index (χ4v) is 2.02. The first-order valence-corrected chi connectivity index (χ1v) is 5.98. The minimum absolute atomic E-state index is 0.0193. The van der Waals surface area contributed by atoms with Crippen molar-refractivity contribution in [2.24, 2.45) is 12.9 Å². The van der Waals surface area contributed by atoms with Gasteiger partial charge in [0.2, 0.25) is 0 Å². The third-order valence-electron chi connectivity index (χ3n) is 3.09. The highest BCUT2D eigenvalue weighted by Crippen LogP contribution is 2.20. The number of nitrogens with two attached hydrogens (primary N) is 1. The van der Waals surface area contributed by atoms with E-state index in [9.17, 15) is 0 Å². The van der Waals surface area contributed by atoms with Crippen molar-refractivity contribution in [2.45, 2.75) is 25.8 Å². The predicted molar refractivity (Wildman–Crippen MR) is 68.4 cm³/mol. The highest BCUT2D eigenvalue weighted by Gasteiger charge is 2.16. The van der Waals surface area contributed by atoms with Gasteiger partial charge in [-0.15, -0.1) is 0 Å². The Hall–Kier alpha value is -1.79. The second-order valence-corrected chi connectivity index (χ2v) is 4.15. The van der Waals surface area contributed by atoms with Crippen LogP contribution in [0, 0.1) is 0 Å². The van der Waals surface area contributed by atoms with E-state index < -0.39 is 0 Å². The van der Waals surface area contributed by atoms with Crippen LogP contribution in [0.1, 0.15) is 29.9 Å². The van der Waals surface area contributed by atoms with Crippen molar-refractivity contribution in [2.75, 3.05) is 0 Å². The third kappa shape index (κ3) is 2.55. The maximum atomic E-state index is 5.67. The number of aryl methyl sites for hydroxylation is 2. The average molecular weight is 246 g/mol. The molecule has 3 N–H and O–H groups in total. The topological polar surface area (TPSA) is 81.7 Å². The molecule has 0 fully saturated rings. The van der Waals surface area contributed by atoms with Crippen LogP contribution in [0.25, 0.3) is 0 Å². The van der Waals surface area contributed by atoms with Crippen LogP contribution in [0.3, 0.4) is 0 Å². The summed E-state index contributed by atoms with van der Waals surface area (Å²) in [6.07, 6.45) is 6.85. The molecule has 0 spiro atoms. The predicted octanol–water partition coefficient (Wildman–Crippen LogP) is 0.520. The summed E-state index contributed by atoms with van der Waals surface area (Å²) in [5.74, 6) is 6.57. The Morgan fingerprint density at radius 2 is 2.33 bits per heavy atom. The minimum atomic E-state index is 0.0193. The van der Waals surface area contributed by atoms with Gasteiger partial charge >= 0.3 is 0 Å². The molecule has 1 unspecified atom stereocenters. The van der Waals surface area contributed by atoms with Crippen LogP contribution in [0.2, 0.25) is 0 Å². The van der Waals surface area contributed by atoms with Gasteiger partial charge < -0.3 is 0 Å². The highest BCUT2D eigenvalue weighted by molar-refractivity contribution is 5.27. The number of nitrogens with one attached hydrogen (secondary N) is 1. The lowest BCUT2D eigenvalue weighted by molar-refractivity contribution is 0.519. The molecule has 18 heavy (non-hydrogen) atoms. The zero-order valence-corrected chi connectivity index (χ0v) is 10.7. The van der Waals surface area contributed by atoms with Crippen LogP contribution in [0.4, 0.5) is 0 Å². The number of rotatable bonds is 5. The molecule has 0 aromatic carbocycles. The summed E-state index contributed by atoms with van der Waals surface area (Å²) in [6.45, 7) is 2.11. The van der Waals surface area contributed by atoms with Crippen LogP contribution in [0.5, 0.6) is 0 Å². The van der Waals surface area contributed by atoms with Crippen molar-refractivity contribution in [3.63, 3.8) is 0 Å². The van der Waals surface area contributed by atoms with E-state index in [1.54, 1.807) is 17.2 Å². The zero-order chi connectivity index (χ0) is 13.0. The first-order chi connectivity index (χ1) is 8.76. The van der Waals surface area contributed by atoms with Crippen LogP contribution in [0.15, 0.2) is 24.8 Å². The summed E-state index contributed by atoms with van der Waals surface area (Å²) in [5.41, 5.74) is 5.21. The van der Waals surface area contributed by atoms with Crippen LogP contribution in [-0.4, -0.2) is 19.7 Å². The fraction of sp³-hybridized carbons (Fsp3) is 0.417. The molecule has 2 rings (SSSR count). The first kappa shape index (κ1) is 12.7. The van der Waals surface area contributed by atoms with E-state index in [1.165, 1.54) is 5.56 Å². The van der Waals surface area contributed by atoms with Gasteiger partial charge in [-0.25, -0.2) is 4.98 Å². The molecule has 2 heterocycles. The lowest BCUT2D eigenvalue weighted by atomic mass is 9.99. The summed E-state index contributed by atoms with van der Waals surface area (Å²) >= 11 is 0. The molecule has 0 amide bonds. The SMILES string of the molecule is CCc1cnccc1C(Cc1ncnn1C)NN. The molecule has 96 valence electrons. The average Bonchev–Trinajstić information content (AvgIpc) is 2.81. The maximum Gasteiger partial charge on any atom is 0.138 e. The molecule has 0 aliphatic heterocycles. The standard InChI is InChI=1S/C12H18N6/c1-3-9-7-14-5-4-10(9)11(17-13)6-12-15-8-16-18(12)2/h4-5,7-8,11,17H,3,6,13H2,1-2H3. The lowest BCUT2D eigenvalue weighted by Gasteiger charge is -2.18. The number of pyridine rings is 1. The minimum Gasteiger partial charge on any atom is -0.271 e. The molecular formula is C12H18N6. The molecule has 1 atom stereocenters. The van der Waals surface area contributed by atoms with E-state index in [0.717, 1.165) is 17.8 Å². The van der Waals surface area contributed by atoms with Crippen LogP contribution >= 0.6 is 0 Å². The maximum absolute atomic E-state index is 5.67. The van der Waals surface area contributed by atoms with Crippen molar-refractivity contribution in [1.82, 2.24) is 25.2 Å². The summed E-state index contributed by atoms with van der Waals surface area (Å²) in [4.78, 5) is 8.37. The molecule has 0 aliphatic rings. The van der Waals surface area contributed by atoms with Gasteiger partial charge in [-0.1, -0.05) is 6.92 Å². The third-order valence-corrected chi connectivity index (χ3v) is 3.09. The van der Waals surface area contributed by atoms with Crippen molar-refractivity contribution >= 4 is 0 Å². The Labute approximate surface area is 106 Å². The van der Waals surface area contributed by atoms with Gasteiger partial charge in [0.25, 0.3) is 0 Å². The number of nitrogens with zero attached hydrogens (tertiary/aromatic N) is 4. The Bertz CT molecular complexity index is 507. The summed E-state index contributed by atoms with van der Waals surface area (Å²) < 4.78 is 1.76. The number of hydrogen-bond donors (Lipinski definition) is 2. The molecule has 0 radical (unpaired) electrons. The Balaban J connectivity index is 2.25. The van der Waals surface area contributed by atoms with Crippen molar-refractivity contribution in [3.8, 4) is 0 Å². The van der Waals surface area contributed by atoms with E-state index in [0.29, 0.717) is 6.42 Å². The van der Waals surface area contributed by atoms with E-state index in [2.05, 4.69) is 27.4 Å². The van der Waals surface area contributed by atoms with Gasteiger partial charge in [0, 0.05) is 25.9 Å². The van der Waals surface area contributed by atoms with Gasteiger partial charge in [0.15, 0.2) is 0 Å². The van der Waals surface area contributed by atoms with Crippen LogP contribution < -0.4 is 11.3 Å². The summed E-state index contributed by atoms with van der Waals surface area (Å²) in [5, 5.41) is 4.06. The molecule has 6 nitrogen and oxygen atoms in total. The molecule has 0 bridgehead atoms. The lowest BCUT2D eigenvalue weighted by Crippen LogP contribution is -2.31. The van der Waals surface area contributed by atoms with E-state index in [4.69, 9.17) is 5.84 Å². The highest BCUT2D eigenvalue weighted by atomic mass is 15.3. The van der Waals surface area contributed by atoms with Crippen molar-refractivity contribution < 1.29 is 0 Å². The smallest absolute Gasteiger partial charge is 0.138 e. The normalized spacial score (nSPS) is 12.6. The number of hydrazine groups is 1. The second kappa shape index (κ2) is 5.70. The molecular weight excluding hydrogens is 228 g/mol. The Morgan fingerprint density at radius 3 is 2.94 bits per heavy atom. The first-order valence-electron chi connectivity index (χ1n) is 5.98. The Kier molecular flexibility index (Phi) is 4.01. The molecule has 2 aromatic rings. The van der Waals surface area contributed by atoms with E-state index >= 15 is 0 Å². The van der Waals surface area contributed by atoms with Crippen molar-refractivity contribution in [3.05, 3.63) is 41.7 Å². The second-order valence-electron chi connectivity index (χ2n) is 4.15. The van der Waals surface area contributed by atoms with Gasteiger partial charge in [0.1, 0.15) is 12.2 Å². The number of hydrogen-bond acceptors (Lipinski definition) is 5. The monoisotopic (exact) mass is 246 g/mol. The van der Waals surface area contributed by atoms with Gasteiger partial charge in [-0.2, -0.15) is 5.10 Å². The van der Waals surface area contributed by atoms with Crippen molar-refractivity contribution in [1.29, 1.82) is 0 Å². The van der Waals surface area contributed by atoms with E-state index in [1.807, 2.05) is 19.3 Å². The molecule has 0 saturated heterocycles. The van der Waals surface area contributed by atoms with Crippen LogP contribution in [-0.2, 0) is 19.9 Å². The Morgan fingerprint density at radius 1 is 1.50 bits per heavy atom. The van der Waals surface area contributed by atoms with Gasteiger partial charge in [-0.05, 0) is 23.6 Å². The fourth-order valence-electron chi connectivity index (χ4n) is 2.02. The largest absolute Gasteiger partial charge is 0.271 e. The van der Waals surface area contributed by atoms with Gasteiger partial charge in [-0.3, -0.25) is 20.9 Å². The molecule has 0 aliphatic carbocycles. The zero-order valence-electron chi connectivity index (χ0n) is 10.7. The quantitative estimate of drug-likeness (QED) is 0.593.